The Morgan fingerprint density at radius 2 is 1.56 bits per heavy atom. The molecule has 2 aromatic carbocycles. The fourth-order valence-electron chi connectivity index (χ4n) is 5.51. The molecule has 41 heavy (non-hydrogen) atoms. The second kappa shape index (κ2) is 13.9. The number of nitrogens with one attached hydrogen (secondary N) is 2. The number of nitrogens with zero attached hydrogens (tertiary/aromatic N) is 1. The van der Waals surface area contributed by atoms with Gasteiger partial charge in [-0.25, -0.2) is 4.79 Å². The van der Waals surface area contributed by atoms with Crippen LogP contribution in [-0.2, 0) is 20.7 Å². The Hall–Kier alpha value is -3.55. The zero-order valence-corrected chi connectivity index (χ0v) is 25.6. The van der Waals surface area contributed by atoms with Gasteiger partial charge in [0.05, 0.1) is 0 Å². The number of hydrogen-bond acceptors (Lipinski definition) is 5. The quantitative estimate of drug-likeness (QED) is 0.352. The van der Waals surface area contributed by atoms with Gasteiger partial charge in [-0.2, -0.15) is 0 Å². The number of aromatic hydroxyl groups is 1. The highest BCUT2D eigenvalue weighted by molar-refractivity contribution is 5.92. The molecule has 3 rings (SSSR count). The number of alkyl carbamates (subject to hydrolysis) is 1. The van der Waals surface area contributed by atoms with Crippen molar-refractivity contribution >= 4 is 17.9 Å². The van der Waals surface area contributed by atoms with Crippen molar-refractivity contribution in [2.75, 3.05) is 0 Å². The molecule has 1 aliphatic rings. The average Bonchev–Trinajstić information content (AvgIpc) is 2.86. The smallest absolute Gasteiger partial charge is 0.408 e. The van der Waals surface area contributed by atoms with Crippen LogP contribution in [0.1, 0.15) is 95.0 Å². The third-order valence-corrected chi connectivity index (χ3v) is 7.21. The predicted molar refractivity (Wildman–Crippen MR) is 161 cm³/mol. The second-order valence-electron chi connectivity index (χ2n) is 12.6. The number of rotatable bonds is 9. The number of hydrogen-bond donors (Lipinski definition) is 3. The molecule has 0 aliphatic heterocycles. The molecule has 1 fully saturated rings. The van der Waals surface area contributed by atoms with Crippen LogP contribution in [0.15, 0.2) is 42.5 Å². The third-order valence-electron chi connectivity index (χ3n) is 7.21. The summed E-state index contributed by atoms with van der Waals surface area (Å²) < 4.78 is 5.50. The summed E-state index contributed by atoms with van der Waals surface area (Å²) in [5, 5.41) is 15.8. The molecule has 2 aromatic rings. The molecular weight excluding hydrogens is 518 g/mol. The molecule has 0 bridgehead atoms. The van der Waals surface area contributed by atoms with Crippen molar-refractivity contribution in [1.29, 1.82) is 0 Å². The van der Waals surface area contributed by atoms with Gasteiger partial charge in [0.2, 0.25) is 11.8 Å². The van der Waals surface area contributed by atoms with Crippen LogP contribution in [0.2, 0.25) is 0 Å². The van der Waals surface area contributed by atoms with Crippen molar-refractivity contribution in [1.82, 2.24) is 15.5 Å². The van der Waals surface area contributed by atoms with Crippen molar-refractivity contribution in [3.05, 3.63) is 64.7 Å². The SMILES string of the molecule is Cc1cc(C)cc(C(C(=O)NC2CCCCC2)N(C(=O)C(Cc2ccc(O)cc2)NC(=O)OC(C)(C)C)C(C)C)c1. The Labute approximate surface area is 244 Å². The van der Waals surface area contributed by atoms with Crippen LogP contribution in [0.5, 0.6) is 5.75 Å². The van der Waals surface area contributed by atoms with E-state index in [-0.39, 0.29) is 36.1 Å². The van der Waals surface area contributed by atoms with E-state index < -0.39 is 23.8 Å². The highest BCUT2D eigenvalue weighted by atomic mass is 16.6. The van der Waals surface area contributed by atoms with E-state index in [4.69, 9.17) is 4.74 Å². The molecule has 0 aromatic heterocycles. The number of ether oxygens (including phenoxy) is 1. The predicted octanol–water partition coefficient (Wildman–Crippen LogP) is 5.87. The Morgan fingerprint density at radius 1 is 0.976 bits per heavy atom. The van der Waals surface area contributed by atoms with Gasteiger partial charge in [0.15, 0.2) is 0 Å². The molecule has 0 radical (unpaired) electrons. The van der Waals surface area contributed by atoms with Crippen LogP contribution in [0.25, 0.3) is 0 Å². The van der Waals surface area contributed by atoms with E-state index in [2.05, 4.69) is 10.6 Å². The summed E-state index contributed by atoms with van der Waals surface area (Å²) >= 11 is 0. The first kappa shape index (κ1) is 32.0. The molecule has 1 aliphatic carbocycles. The molecule has 0 saturated heterocycles. The molecule has 0 heterocycles. The highest BCUT2D eigenvalue weighted by Gasteiger charge is 2.38. The molecule has 3 N–H and O–H groups in total. The van der Waals surface area contributed by atoms with Crippen LogP contribution in [0, 0.1) is 13.8 Å². The van der Waals surface area contributed by atoms with Gasteiger partial charge >= 0.3 is 6.09 Å². The number of carbonyl (C=O) groups is 3. The maximum atomic E-state index is 14.5. The van der Waals surface area contributed by atoms with Gasteiger partial charge in [0, 0.05) is 18.5 Å². The first-order chi connectivity index (χ1) is 19.2. The maximum absolute atomic E-state index is 14.5. The van der Waals surface area contributed by atoms with Gasteiger partial charge in [-0.05, 0) is 84.6 Å². The number of benzene rings is 2. The lowest BCUT2D eigenvalue weighted by Gasteiger charge is -2.38. The lowest BCUT2D eigenvalue weighted by molar-refractivity contribution is -0.145. The monoisotopic (exact) mass is 565 g/mol. The van der Waals surface area contributed by atoms with Crippen molar-refractivity contribution in [3.63, 3.8) is 0 Å². The Balaban J connectivity index is 2.03. The van der Waals surface area contributed by atoms with E-state index in [0.717, 1.165) is 47.9 Å². The van der Waals surface area contributed by atoms with Crippen LogP contribution in [0.3, 0.4) is 0 Å². The minimum atomic E-state index is -1.01. The Bertz CT molecular complexity index is 1180. The lowest BCUT2D eigenvalue weighted by Crippen LogP contribution is -2.56. The van der Waals surface area contributed by atoms with Crippen LogP contribution >= 0.6 is 0 Å². The number of carbonyl (C=O) groups excluding carboxylic acids is 3. The summed E-state index contributed by atoms with van der Waals surface area (Å²) in [6, 6.07) is 10.3. The Morgan fingerprint density at radius 3 is 2.10 bits per heavy atom. The molecule has 0 spiro atoms. The topological polar surface area (TPSA) is 108 Å². The van der Waals surface area contributed by atoms with E-state index in [1.54, 1.807) is 49.9 Å². The van der Waals surface area contributed by atoms with Gasteiger partial charge < -0.3 is 25.4 Å². The Kier molecular flexibility index (Phi) is 10.8. The fourth-order valence-corrected chi connectivity index (χ4v) is 5.51. The van der Waals surface area contributed by atoms with Gasteiger partial charge in [-0.1, -0.05) is 60.7 Å². The molecule has 1 saturated carbocycles. The summed E-state index contributed by atoms with van der Waals surface area (Å²) in [7, 11) is 0. The lowest BCUT2D eigenvalue weighted by atomic mass is 9.93. The summed E-state index contributed by atoms with van der Waals surface area (Å²) in [6.45, 7) is 13.0. The summed E-state index contributed by atoms with van der Waals surface area (Å²) in [6.07, 6.45) is 4.59. The van der Waals surface area contributed by atoms with Gasteiger partial charge in [-0.3, -0.25) is 9.59 Å². The van der Waals surface area contributed by atoms with Gasteiger partial charge in [-0.15, -0.1) is 0 Å². The second-order valence-corrected chi connectivity index (χ2v) is 12.6. The first-order valence-electron chi connectivity index (χ1n) is 14.7. The van der Waals surface area contributed by atoms with Crippen LogP contribution < -0.4 is 10.6 Å². The standard InChI is InChI=1S/C33H47N3O5/c1-21(2)36(29(25-18-22(3)17-23(4)19-25)30(38)34-26-11-9-8-10-12-26)31(39)28(35-32(40)41-33(5,6)7)20-24-13-15-27(37)16-14-24/h13-19,21,26,28-29,37H,8-12,20H2,1-7H3,(H,34,38)(H,35,40). The molecule has 2 atom stereocenters. The zero-order chi connectivity index (χ0) is 30.3. The van der Waals surface area contributed by atoms with Crippen LogP contribution in [-0.4, -0.2) is 51.6 Å². The summed E-state index contributed by atoms with van der Waals surface area (Å²) in [5.41, 5.74) is 2.72. The van der Waals surface area contributed by atoms with Gasteiger partial charge in [0.1, 0.15) is 23.4 Å². The molecule has 8 heteroatoms. The average molecular weight is 566 g/mol. The largest absolute Gasteiger partial charge is 0.508 e. The number of phenolic OH excluding ortho intramolecular Hbond substituents is 1. The maximum Gasteiger partial charge on any atom is 0.408 e. The summed E-state index contributed by atoms with van der Waals surface area (Å²) in [5.74, 6) is -0.499. The number of amides is 3. The molecular formula is C33H47N3O5. The molecule has 8 nitrogen and oxygen atoms in total. The molecule has 3 amide bonds. The van der Waals surface area contributed by atoms with Crippen LogP contribution in [0.4, 0.5) is 4.79 Å². The minimum Gasteiger partial charge on any atom is -0.508 e. The van der Waals surface area contributed by atoms with Crippen molar-refractivity contribution in [3.8, 4) is 5.75 Å². The van der Waals surface area contributed by atoms with E-state index in [1.165, 1.54) is 6.42 Å². The normalized spacial score (nSPS) is 15.6. The number of aryl methyl sites for hydroxylation is 2. The molecule has 224 valence electrons. The van der Waals surface area contributed by atoms with Crippen molar-refractivity contribution in [2.45, 2.75) is 117 Å². The summed E-state index contributed by atoms with van der Waals surface area (Å²) in [4.78, 5) is 43.0. The number of phenols is 1. The van der Waals surface area contributed by atoms with E-state index in [0.29, 0.717) is 0 Å². The zero-order valence-electron chi connectivity index (χ0n) is 25.6. The van der Waals surface area contributed by atoms with Gasteiger partial charge in [0.25, 0.3) is 0 Å². The first-order valence-corrected chi connectivity index (χ1v) is 14.7. The molecule has 2 unspecified atom stereocenters. The van der Waals surface area contributed by atoms with Crippen molar-refractivity contribution in [2.24, 2.45) is 0 Å². The minimum absolute atomic E-state index is 0.0708. The van der Waals surface area contributed by atoms with E-state index >= 15 is 0 Å². The van der Waals surface area contributed by atoms with E-state index in [1.807, 2.05) is 45.9 Å². The van der Waals surface area contributed by atoms with E-state index in [9.17, 15) is 19.5 Å². The van der Waals surface area contributed by atoms with Crippen molar-refractivity contribution < 1.29 is 24.2 Å². The fraction of sp³-hybridized carbons (Fsp3) is 0.545. The third kappa shape index (κ3) is 9.51. The highest BCUT2D eigenvalue weighted by Crippen LogP contribution is 2.29.